The van der Waals surface area contributed by atoms with Gasteiger partial charge in [-0.3, -0.25) is 0 Å². The lowest BCUT2D eigenvalue weighted by Gasteiger charge is -2.12. The molecule has 0 heterocycles. The molecule has 0 bridgehead atoms. The van der Waals surface area contributed by atoms with Gasteiger partial charge < -0.3 is 15.5 Å². The van der Waals surface area contributed by atoms with E-state index in [-0.39, 0.29) is 11.8 Å². The van der Waals surface area contributed by atoms with Crippen molar-refractivity contribution in [2.45, 2.75) is 0 Å². The van der Waals surface area contributed by atoms with Gasteiger partial charge in [0.1, 0.15) is 5.82 Å². The molecule has 0 radical (unpaired) electrons. The molecule has 4 nitrogen and oxygen atoms in total. The Morgan fingerprint density at radius 1 is 1.14 bits per heavy atom. The highest BCUT2D eigenvalue weighted by Gasteiger charge is 2.00. The van der Waals surface area contributed by atoms with Crippen molar-refractivity contribution in [3.8, 4) is 0 Å². The lowest BCUT2D eigenvalue weighted by molar-refractivity contribution is 0.255. The zero-order valence-electron chi connectivity index (χ0n) is 12.5. The molecule has 2 aromatic carbocycles. The minimum Gasteiger partial charge on any atom is -0.378 e. The standard InChI is InChI=1S/C17H18FN3O/c1-21(2)16-8-6-15(7-9-16)20-17(22)19-11-10-13-4-3-5-14(18)12-13/h3-12H,1-2H3,(H2,19,20,22)/b11-10+. The maximum atomic E-state index is 13.0. The van der Waals surface area contributed by atoms with Crippen LogP contribution in [0.2, 0.25) is 0 Å². The Kier molecular flexibility index (Phi) is 5.14. The normalized spacial score (nSPS) is 10.5. The predicted octanol–water partition coefficient (Wildman–Crippen LogP) is 3.68. The van der Waals surface area contributed by atoms with Crippen LogP contribution in [-0.4, -0.2) is 20.1 Å². The summed E-state index contributed by atoms with van der Waals surface area (Å²) in [5, 5.41) is 5.28. The molecule has 2 rings (SSSR count). The summed E-state index contributed by atoms with van der Waals surface area (Å²) < 4.78 is 13.0. The number of anilines is 2. The summed E-state index contributed by atoms with van der Waals surface area (Å²) >= 11 is 0. The Balaban J connectivity index is 1.87. The second-order valence-electron chi connectivity index (χ2n) is 4.93. The molecule has 0 aliphatic rings. The first-order chi connectivity index (χ1) is 10.5. The third kappa shape index (κ3) is 4.63. The van der Waals surface area contributed by atoms with Gasteiger partial charge in [0.25, 0.3) is 0 Å². The summed E-state index contributed by atoms with van der Waals surface area (Å²) in [6, 6.07) is 13.2. The third-order valence-electron chi connectivity index (χ3n) is 2.98. The maximum Gasteiger partial charge on any atom is 0.323 e. The summed E-state index contributed by atoms with van der Waals surface area (Å²) in [6.45, 7) is 0. The molecule has 2 amide bonds. The van der Waals surface area contributed by atoms with Crippen LogP contribution in [0.1, 0.15) is 5.56 Å². The lowest BCUT2D eigenvalue weighted by Crippen LogP contribution is -2.23. The van der Waals surface area contributed by atoms with Gasteiger partial charge in [-0.2, -0.15) is 0 Å². The molecule has 0 saturated carbocycles. The first-order valence-electron chi connectivity index (χ1n) is 6.81. The minimum atomic E-state index is -0.356. The number of urea groups is 1. The summed E-state index contributed by atoms with van der Waals surface area (Å²) in [6.07, 6.45) is 3.09. The number of nitrogens with one attached hydrogen (secondary N) is 2. The average Bonchev–Trinajstić information content (AvgIpc) is 2.48. The van der Waals surface area contributed by atoms with Crippen LogP contribution in [0.15, 0.2) is 54.7 Å². The fourth-order valence-corrected chi connectivity index (χ4v) is 1.83. The van der Waals surface area contributed by atoms with Crippen molar-refractivity contribution in [2.24, 2.45) is 0 Å². The number of hydrogen-bond donors (Lipinski definition) is 2. The van der Waals surface area contributed by atoms with E-state index in [4.69, 9.17) is 0 Å². The van der Waals surface area contributed by atoms with Crippen molar-refractivity contribution in [1.82, 2.24) is 5.32 Å². The Hall–Kier alpha value is -2.82. The van der Waals surface area contributed by atoms with Crippen LogP contribution in [0.3, 0.4) is 0 Å². The monoisotopic (exact) mass is 299 g/mol. The molecule has 114 valence electrons. The second kappa shape index (κ2) is 7.26. The van der Waals surface area contributed by atoms with E-state index >= 15 is 0 Å². The molecule has 22 heavy (non-hydrogen) atoms. The molecule has 5 heteroatoms. The van der Waals surface area contributed by atoms with Gasteiger partial charge in [0.2, 0.25) is 0 Å². The summed E-state index contributed by atoms with van der Waals surface area (Å²) in [5.74, 6) is -0.312. The third-order valence-corrected chi connectivity index (χ3v) is 2.98. The molecule has 0 unspecified atom stereocenters. The molecule has 0 aliphatic carbocycles. The van der Waals surface area contributed by atoms with Crippen molar-refractivity contribution in [3.05, 3.63) is 66.1 Å². The molecule has 0 aromatic heterocycles. The molecular formula is C17H18FN3O. The predicted molar refractivity (Wildman–Crippen MR) is 88.4 cm³/mol. The van der Waals surface area contributed by atoms with E-state index in [0.717, 1.165) is 5.69 Å². The smallest absolute Gasteiger partial charge is 0.323 e. The van der Waals surface area contributed by atoms with Crippen molar-refractivity contribution in [3.63, 3.8) is 0 Å². The molecule has 0 aliphatic heterocycles. The van der Waals surface area contributed by atoms with Gasteiger partial charge in [0.05, 0.1) is 0 Å². The van der Waals surface area contributed by atoms with E-state index in [1.807, 2.05) is 43.3 Å². The molecule has 0 fully saturated rings. The van der Waals surface area contributed by atoms with Gasteiger partial charge in [0.15, 0.2) is 0 Å². The van der Waals surface area contributed by atoms with Crippen LogP contribution in [0.25, 0.3) is 6.08 Å². The Labute approximate surface area is 129 Å². The Bertz CT molecular complexity index is 666. The lowest BCUT2D eigenvalue weighted by atomic mass is 10.2. The highest BCUT2D eigenvalue weighted by molar-refractivity contribution is 5.90. The number of carbonyl (C=O) groups is 1. The summed E-state index contributed by atoms with van der Waals surface area (Å²) in [4.78, 5) is 13.7. The first kappa shape index (κ1) is 15.6. The number of halogens is 1. The van der Waals surface area contributed by atoms with Crippen LogP contribution < -0.4 is 15.5 Å². The van der Waals surface area contributed by atoms with E-state index in [9.17, 15) is 9.18 Å². The fraction of sp³-hybridized carbons (Fsp3) is 0.118. The SMILES string of the molecule is CN(C)c1ccc(NC(=O)N/C=C/c2cccc(F)c2)cc1. The number of carbonyl (C=O) groups excluding carboxylic acids is 1. The van der Waals surface area contributed by atoms with Gasteiger partial charge in [-0.05, 0) is 48.0 Å². The largest absolute Gasteiger partial charge is 0.378 e. The van der Waals surface area contributed by atoms with Crippen LogP contribution in [-0.2, 0) is 0 Å². The van der Waals surface area contributed by atoms with E-state index < -0.39 is 0 Å². The Morgan fingerprint density at radius 3 is 2.50 bits per heavy atom. The highest BCUT2D eigenvalue weighted by atomic mass is 19.1. The van der Waals surface area contributed by atoms with Gasteiger partial charge in [0, 0.05) is 31.7 Å². The van der Waals surface area contributed by atoms with Gasteiger partial charge in [-0.15, -0.1) is 0 Å². The molecule has 2 N–H and O–H groups in total. The van der Waals surface area contributed by atoms with Gasteiger partial charge >= 0.3 is 6.03 Å². The number of benzene rings is 2. The number of hydrogen-bond acceptors (Lipinski definition) is 2. The maximum absolute atomic E-state index is 13.0. The average molecular weight is 299 g/mol. The van der Waals surface area contributed by atoms with E-state index in [1.54, 1.807) is 18.2 Å². The second-order valence-corrected chi connectivity index (χ2v) is 4.93. The highest BCUT2D eigenvalue weighted by Crippen LogP contribution is 2.15. The van der Waals surface area contributed by atoms with Crippen molar-refractivity contribution < 1.29 is 9.18 Å². The zero-order chi connectivity index (χ0) is 15.9. The first-order valence-corrected chi connectivity index (χ1v) is 6.81. The van der Waals surface area contributed by atoms with Gasteiger partial charge in [-0.1, -0.05) is 12.1 Å². The summed E-state index contributed by atoms with van der Waals surface area (Å²) in [5.41, 5.74) is 2.43. The van der Waals surface area contributed by atoms with Crippen LogP contribution >= 0.6 is 0 Å². The number of rotatable bonds is 4. The van der Waals surface area contributed by atoms with E-state index in [2.05, 4.69) is 10.6 Å². The van der Waals surface area contributed by atoms with Crippen LogP contribution in [0.5, 0.6) is 0 Å². The van der Waals surface area contributed by atoms with Crippen LogP contribution in [0.4, 0.5) is 20.6 Å². The number of amides is 2. The number of nitrogens with zero attached hydrogens (tertiary/aromatic N) is 1. The molecule has 0 spiro atoms. The topological polar surface area (TPSA) is 44.4 Å². The van der Waals surface area contributed by atoms with E-state index in [1.165, 1.54) is 18.3 Å². The van der Waals surface area contributed by atoms with E-state index in [0.29, 0.717) is 11.3 Å². The Morgan fingerprint density at radius 2 is 1.86 bits per heavy atom. The molecular weight excluding hydrogens is 281 g/mol. The summed E-state index contributed by atoms with van der Waals surface area (Å²) in [7, 11) is 3.90. The molecule has 0 atom stereocenters. The van der Waals surface area contributed by atoms with Crippen LogP contribution in [0, 0.1) is 5.82 Å². The zero-order valence-corrected chi connectivity index (χ0v) is 12.5. The van der Waals surface area contributed by atoms with Crippen molar-refractivity contribution in [1.29, 1.82) is 0 Å². The quantitative estimate of drug-likeness (QED) is 0.904. The van der Waals surface area contributed by atoms with Gasteiger partial charge in [-0.25, -0.2) is 9.18 Å². The minimum absolute atomic E-state index is 0.312. The van der Waals surface area contributed by atoms with Crippen molar-refractivity contribution >= 4 is 23.5 Å². The molecule has 2 aromatic rings. The fourth-order valence-electron chi connectivity index (χ4n) is 1.83. The molecule has 0 saturated heterocycles. The van der Waals surface area contributed by atoms with Crippen molar-refractivity contribution in [2.75, 3.05) is 24.3 Å².